The lowest BCUT2D eigenvalue weighted by Gasteiger charge is -2.29. The number of carbonyl (C=O) groups is 1. The van der Waals surface area contributed by atoms with Crippen molar-refractivity contribution in [1.82, 2.24) is 20.2 Å². The molecular weight excluding hydrogens is 401 g/mol. The molecule has 3 N–H and O–H groups in total. The molecule has 0 aliphatic carbocycles. The first kappa shape index (κ1) is 20.6. The third kappa shape index (κ3) is 4.84. The lowest BCUT2D eigenvalue weighted by molar-refractivity contribution is 0.188. The smallest absolute Gasteiger partial charge is 0.318 e. The fourth-order valence-corrected chi connectivity index (χ4v) is 3.26. The van der Waals surface area contributed by atoms with E-state index in [1.54, 1.807) is 23.2 Å². The molecule has 1 aliphatic heterocycles. The number of carbonyl (C=O) groups excluding carboxylic acids is 1. The van der Waals surface area contributed by atoms with Crippen LogP contribution in [-0.2, 0) is 13.0 Å². The highest BCUT2D eigenvalue weighted by molar-refractivity contribution is 6.42. The maximum absolute atomic E-state index is 12.7. The van der Waals surface area contributed by atoms with Crippen molar-refractivity contribution in [2.75, 3.05) is 18.5 Å². The standard InChI is InChI=1S/C19H23Cl2N5O2/c1-11(10-27)23-18-22-8-14-5-6-26(9-17(14)25-18)19(28)24-12(2)13-3-4-15(20)16(21)7-13/h3-4,7-8,11-12,27H,5-6,9-10H2,1-2H3,(H,24,28)(H,22,23,25). The van der Waals surface area contributed by atoms with E-state index >= 15 is 0 Å². The van der Waals surface area contributed by atoms with E-state index in [4.69, 9.17) is 28.3 Å². The first-order valence-electron chi connectivity index (χ1n) is 9.10. The summed E-state index contributed by atoms with van der Waals surface area (Å²) in [5.74, 6) is 0.451. The van der Waals surface area contributed by atoms with Gasteiger partial charge in [0.05, 0.1) is 34.9 Å². The molecule has 2 heterocycles. The molecule has 0 spiro atoms. The molecule has 0 radical (unpaired) electrons. The molecule has 0 saturated carbocycles. The quantitative estimate of drug-likeness (QED) is 0.685. The second-order valence-corrected chi connectivity index (χ2v) is 7.72. The predicted molar refractivity (Wildman–Crippen MR) is 110 cm³/mol. The molecule has 1 aliphatic rings. The zero-order valence-corrected chi connectivity index (χ0v) is 17.3. The van der Waals surface area contributed by atoms with E-state index in [2.05, 4.69) is 20.6 Å². The number of fused-ring (bicyclic) bond motifs is 1. The van der Waals surface area contributed by atoms with E-state index in [9.17, 15) is 4.79 Å². The molecule has 0 fully saturated rings. The molecule has 0 saturated heterocycles. The highest BCUT2D eigenvalue weighted by Gasteiger charge is 2.24. The van der Waals surface area contributed by atoms with Gasteiger partial charge in [0.2, 0.25) is 5.95 Å². The zero-order chi connectivity index (χ0) is 20.3. The molecule has 2 atom stereocenters. The fraction of sp³-hybridized carbons (Fsp3) is 0.421. The lowest BCUT2D eigenvalue weighted by Crippen LogP contribution is -2.44. The summed E-state index contributed by atoms with van der Waals surface area (Å²) in [5.41, 5.74) is 2.72. The van der Waals surface area contributed by atoms with Crippen LogP contribution in [0, 0.1) is 0 Å². The number of halogens is 2. The summed E-state index contributed by atoms with van der Waals surface area (Å²) in [7, 11) is 0. The van der Waals surface area contributed by atoms with Crippen LogP contribution in [0.1, 0.15) is 36.7 Å². The van der Waals surface area contributed by atoms with E-state index in [0.29, 0.717) is 35.5 Å². The number of hydrogen-bond donors (Lipinski definition) is 3. The van der Waals surface area contributed by atoms with E-state index in [-0.39, 0.29) is 24.7 Å². The number of urea groups is 1. The van der Waals surface area contributed by atoms with Gasteiger partial charge >= 0.3 is 6.03 Å². The van der Waals surface area contributed by atoms with Crippen molar-refractivity contribution < 1.29 is 9.90 Å². The molecule has 7 nitrogen and oxygen atoms in total. The minimum Gasteiger partial charge on any atom is -0.394 e. The number of rotatable bonds is 5. The van der Waals surface area contributed by atoms with Crippen molar-refractivity contribution in [1.29, 1.82) is 0 Å². The summed E-state index contributed by atoms with van der Waals surface area (Å²) in [6.45, 7) is 4.72. The van der Waals surface area contributed by atoms with Crippen LogP contribution in [0.2, 0.25) is 10.0 Å². The van der Waals surface area contributed by atoms with Gasteiger partial charge in [0.25, 0.3) is 0 Å². The zero-order valence-electron chi connectivity index (χ0n) is 15.7. The van der Waals surface area contributed by atoms with Gasteiger partial charge in [0.15, 0.2) is 0 Å². The summed E-state index contributed by atoms with van der Waals surface area (Å²) in [5, 5.41) is 16.1. The van der Waals surface area contributed by atoms with Crippen molar-refractivity contribution in [2.24, 2.45) is 0 Å². The summed E-state index contributed by atoms with van der Waals surface area (Å²) >= 11 is 12.0. The van der Waals surface area contributed by atoms with Gasteiger partial charge in [-0.05, 0) is 43.5 Å². The van der Waals surface area contributed by atoms with Gasteiger partial charge in [0.1, 0.15) is 0 Å². The van der Waals surface area contributed by atoms with Crippen LogP contribution in [0.15, 0.2) is 24.4 Å². The topological polar surface area (TPSA) is 90.4 Å². The Balaban J connectivity index is 1.66. The van der Waals surface area contributed by atoms with Gasteiger partial charge in [-0.3, -0.25) is 0 Å². The van der Waals surface area contributed by atoms with Gasteiger partial charge in [-0.15, -0.1) is 0 Å². The summed E-state index contributed by atoms with van der Waals surface area (Å²) in [6.07, 6.45) is 2.47. The van der Waals surface area contributed by atoms with Gasteiger partial charge in [-0.25, -0.2) is 14.8 Å². The number of aliphatic hydroxyl groups excluding tert-OH is 1. The van der Waals surface area contributed by atoms with Crippen molar-refractivity contribution in [2.45, 2.75) is 38.9 Å². The Bertz CT molecular complexity index is 864. The maximum atomic E-state index is 12.7. The van der Waals surface area contributed by atoms with E-state index < -0.39 is 0 Å². The average molecular weight is 424 g/mol. The Morgan fingerprint density at radius 2 is 2.11 bits per heavy atom. The summed E-state index contributed by atoms with van der Waals surface area (Å²) in [4.78, 5) is 23.2. The van der Waals surface area contributed by atoms with Crippen molar-refractivity contribution in [3.05, 3.63) is 51.3 Å². The Labute approximate surface area is 174 Å². The average Bonchev–Trinajstić information content (AvgIpc) is 2.69. The van der Waals surface area contributed by atoms with Gasteiger partial charge < -0.3 is 20.6 Å². The normalized spacial score (nSPS) is 15.5. The molecule has 2 unspecified atom stereocenters. The van der Waals surface area contributed by atoms with Crippen LogP contribution < -0.4 is 10.6 Å². The minimum absolute atomic E-state index is 0.0123. The minimum atomic E-state index is -0.211. The SMILES string of the molecule is CC(CO)Nc1ncc2c(n1)CN(C(=O)NC(C)c1ccc(Cl)c(Cl)c1)CC2. The van der Waals surface area contributed by atoms with Crippen LogP contribution in [-0.4, -0.2) is 45.2 Å². The largest absolute Gasteiger partial charge is 0.394 e. The third-order valence-electron chi connectivity index (χ3n) is 4.67. The van der Waals surface area contributed by atoms with Crippen LogP contribution >= 0.6 is 23.2 Å². The monoisotopic (exact) mass is 423 g/mol. The highest BCUT2D eigenvalue weighted by atomic mass is 35.5. The number of nitrogens with one attached hydrogen (secondary N) is 2. The number of benzene rings is 1. The van der Waals surface area contributed by atoms with E-state index in [1.165, 1.54) is 0 Å². The van der Waals surface area contributed by atoms with Crippen LogP contribution in [0.4, 0.5) is 10.7 Å². The third-order valence-corrected chi connectivity index (χ3v) is 5.41. The van der Waals surface area contributed by atoms with Gasteiger partial charge in [-0.2, -0.15) is 0 Å². The molecule has 2 aromatic rings. The summed E-state index contributed by atoms with van der Waals surface area (Å²) in [6, 6.07) is 4.80. The van der Waals surface area contributed by atoms with Crippen molar-refractivity contribution >= 4 is 35.2 Å². The molecular formula is C19H23Cl2N5O2. The molecule has 9 heteroatoms. The predicted octanol–water partition coefficient (Wildman–Crippen LogP) is 3.41. The number of amides is 2. The number of hydrogen-bond acceptors (Lipinski definition) is 5. The Kier molecular flexibility index (Phi) is 6.59. The number of aromatic nitrogens is 2. The second-order valence-electron chi connectivity index (χ2n) is 6.91. The van der Waals surface area contributed by atoms with Crippen LogP contribution in [0.25, 0.3) is 0 Å². The first-order valence-corrected chi connectivity index (χ1v) is 9.85. The van der Waals surface area contributed by atoms with Crippen LogP contribution in [0.5, 0.6) is 0 Å². The van der Waals surface area contributed by atoms with E-state index in [1.807, 2.05) is 19.9 Å². The van der Waals surface area contributed by atoms with Gasteiger partial charge in [-0.1, -0.05) is 29.3 Å². The molecule has 1 aromatic carbocycles. The molecule has 2 amide bonds. The Hall–Kier alpha value is -2.09. The molecule has 150 valence electrons. The number of anilines is 1. The molecule has 28 heavy (non-hydrogen) atoms. The molecule has 1 aromatic heterocycles. The second kappa shape index (κ2) is 8.94. The maximum Gasteiger partial charge on any atom is 0.318 e. The number of aliphatic hydroxyl groups is 1. The van der Waals surface area contributed by atoms with Crippen molar-refractivity contribution in [3.63, 3.8) is 0 Å². The van der Waals surface area contributed by atoms with Gasteiger partial charge in [0, 0.05) is 18.8 Å². The summed E-state index contributed by atoms with van der Waals surface area (Å²) < 4.78 is 0. The van der Waals surface area contributed by atoms with Crippen molar-refractivity contribution in [3.8, 4) is 0 Å². The number of nitrogens with zero attached hydrogens (tertiary/aromatic N) is 3. The molecule has 0 bridgehead atoms. The highest BCUT2D eigenvalue weighted by Crippen LogP contribution is 2.26. The fourth-order valence-electron chi connectivity index (χ4n) is 2.95. The lowest BCUT2D eigenvalue weighted by atomic mass is 10.1. The Morgan fingerprint density at radius 1 is 1.32 bits per heavy atom. The van der Waals surface area contributed by atoms with E-state index in [0.717, 1.165) is 16.8 Å². The molecule has 3 rings (SSSR count). The first-order chi connectivity index (χ1) is 13.4. The van der Waals surface area contributed by atoms with Crippen LogP contribution in [0.3, 0.4) is 0 Å². The Morgan fingerprint density at radius 3 is 2.82 bits per heavy atom.